The molecule has 0 saturated carbocycles. The number of nitrogens with zero attached hydrogens (tertiary/aromatic N) is 2. The van der Waals surface area contributed by atoms with Crippen LogP contribution in [0, 0.1) is 5.41 Å². The van der Waals surface area contributed by atoms with Crippen LogP contribution in [-0.4, -0.2) is 40.0 Å². The van der Waals surface area contributed by atoms with Gasteiger partial charge < -0.3 is 15.2 Å². The van der Waals surface area contributed by atoms with Gasteiger partial charge in [0.15, 0.2) is 5.69 Å². The molecule has 2 rings (SSSR count). The average molecular weight is 267 g/mol. The summed E-state index contributed by atoms with van der Waals surface area (Å²) >= 11 is 0. The number of aromatic nitrogens is 2. The van der Waals surface area contributed by atoms with E-state index in [-0.39, 0.29) is 11.3 Å². The van der Waals surface area contributed by atoms with Gasteiger partial charge in [-0.25, -0.2) is 4.68 Å². The summed E-state index contributed by atoms with van der Waals surface area (Å²) in [5, 5.41) is 16.8. The van der Waals surface area contributed by atoms with Gasteiger partial charge in [0, 0.05) is 12.6 Å². The van der Waals surface area contributed by atoms with Crippen molar-refractivity contribution < 1.29 is 14.6 Å². The summed E-state index contributed by atoms with van der Waals surface area (Å²) < 4.78 is 6.98. The molecule has 1 amide bonds. The minimum atomic E-state index is -0.442. The molecule has 0 aliphatic carbocycles. The fourth-order valence-corrected chi connectivity index (χ4v) is 1.87. The lowest BCUT2D eigenvalue weighted by atomic mass is 9.87. The molecule has 0 bridgehead atoms. The molecular weight excluding hydrogens is 246 g/mol. The van der Waals surface area contributed by atoms with Gasteiger partial charge in [-0.05, 0) is 11.8 Å². The summed E-state index contributed by atoms with van der Waals surface area (Å²) in [6, 6.07) is 1.64. The molecule has 1 aromatic rings. The second-order valence-corrected chi connectivity index (χ2v) is 5.87. The topological polar surface area (TPSA) is 76.4 Å². The van der Waals surface area contributed by atoms with Crippen molar-refractivity contribution in [3.63, 3.8) is 0 Å². The van der Waals surface area contributed by atoms with E-state index in [0.717, 1.165) is 0 Å². The largest absolute Gasteiger partial charge is 0.476 e. The molecule has 2 heterocycles. The molecule has 1 aromatic heterocycles. The van der Waals surface area contributed by atoms with Crippen LogP contribution >= 0.6 is 0 Å². The molecule has 19 heavy (non-hydrogen) atoms. The molecular formula is C13H21N3O3. The quantitative estimate of drug-likeness (QED) is 0.846. The van der Waals surface area contributed by atoms with Crippen molar-refractivity contribution in [3.8, 4) is 5.88 Å². The normalized spacial score (nSPS) is 15.8. The lowest BCUT2D eigenvalue weighted by Crippen LogP contribution is -2.32. The van der Waals surface area contributed by atoms with Crippen molar-refractivity contribution in [1.82, 2.24) is 15.1 Å². The number of amides is 1. The first-order valence-corrected chi connectivity index (χ1v) is 6.55. The van der Waals surface area contributed by atoms with Crippen LogP contribution in [-0.2, 0) is 6.54 Å². The van der Waals surface area contributed by atoms with Crippen molar-refractivity contribution in [2.75, 3.05) is 13.2 Å². The zero-order valence-corrected chi connectivity index (χ0v) is 11.6. The number of nitrogens with one attached hydrogen (secondary N) is 1. The van der Waals surface area contributed by atoms with E-state index in [1.54, 1.807) is 10.7 Å². The Bertz CT molecular complexity index is 441. The molecule has 2 N–H and O–H groups in total. The average Bonchev–Trinajstić information content (AvgIpc) is 2.87. The molecule has 1 atom stereocenters. The number of hydrogen-bond donors (Lipinski definition) is 2. The highest BCUT2D eigenvalue weighted by Crippen LogP contribution is 2.21. The standard InChI is InChI=1S/C13H21N3O3/c1-13(2,3)10(17)4-5-14-12(18)9-8-11-16(15-9)6-7-19-11/h8,10,17H,4-7H2,1-3H3,(H,14,18). The summed E-state index contributed by atoms with van der Waals surface area (Å²) in [6.45, 7) is 7.64. The van der Waals surface area contributed by atoms with E-state index in [1.165, 1.54) is 0 Å². The van der Waals surface area contributed by atoms with Crippen molar-refractivity contribution >= 4 is 5.91 Å². The van der Waals surface area contributed by atoms with Gasteiger partial charge in [-0.1, -0.05) is 20.8 Å². The van der Waals surface area contributed by atoms with Crippen LogP contribution in [0.1, 0.15) is 37.7 Å². The van der Waals surface area contributed by atoms with E-state index in [1.807, 2.05) is 20.8 Å². The lowest BCUT2D eigenvalue weighted by molar-refractivity contribution is 0.0550. The van der Waals surface area contributed by atoms with Crippen LogP contribution in [0.5, 0.6) is 5.88 Å². The van der Waals surface area contributed by atoms with Crippen LogP contribution < -0.4 is 10.1 Å². The van der Waals surface area contributed by atoms with E-state index in [9.17, 15) is 9.90 Å². The smallest absolute Gasteiger partial charge is 0.271 e. The maximum absolute atomic E-state index is 11.9. The van der Waals surface area contributed by atoms with Gasteiger partial charge in [0.2, 0.25) is 5.88 Å². The van der Waals surface area contributed by atoms with Crippen LogP contribution in [0.25, 0.3) is 0 Å². The third kappa shape index (κ3) is 3.26. The Morgan fingerprint density at radius 2 is 2.37 bits per heavy atom. The number of hydrogen-bond acceptors (Lipinski definition) is 4. The summed E-state index contributed by atoms with van der Waals surface area (Å²) in [5.74, 6) is 0.409. The van der Waals surface area contributed by atoms with E-state index in [2.05, 4.69) is 10.4 Å². The summed E-state index contributed by atoms with van der Waals surface area (Å²) in [4.78, 5) is 11.9. The predicted octanol–water partition coefficient (Wildman–Crippen LogP) is 0.802. The van der Waals surface area contributed by atoms with Gasteiger partial charge in [0.05, 0.1) is 12.6 Å². The highest BCUT2D eigenvalue weighted by atomic mass is 16.5. The van der Waals surface area contributed by atoms with Crippen molar-refractivity contribution in [2.24, 2.45) is 5.41 Å². The number of carbonyl (C=O) groups is 1. The fourth-order valence-electron chi connectivity index (χ4n) is 1.87. The fraction of sp³-hybridized carbons (Fsp3) is 0.692. The van der Waals surface area contributed by atoms with Gasteiger partial charge in [0.1, 0.15) is 6.61 Å². The zero-order valence-electron chi connectivity index (χ0n) is 11.6. The number of fused-ring (bicyclic) bond motifs is 1. The molecule has 0 saturated heterocycles. The van der Waals surface area contributed by atoms with E-state index in [0.29, 0.717) is 37.7 Å². The first-order valence-electron chi connectivity index (χ1n) is 6.55. The third-order valence-corrected chi connectivity index (χ3v) is 3.23. The van der Waals surface area contributed by atoms with Crippen LogP contribution in [0.2, 0.25) is 0 Å². The van der Waals surface area contributed by atoms with Crippen LogP contribution in [0.15, 0.2) is 6.07 Å². The van der Waals surface area contributed by atoms with Crippen molar-refractivity contribution in [2.45, 2.75) is 39.8 Å². The number of aliphatic hydroxyl groups excluding tert-OH is 1. The molecule has 0 spiro atoms. The Labute approximate surface area is 112 Å². The minimum absolute atomic E-state index is 0.172. The Morgan fingerprint density at radius 1 is 1.63 bits per heavy atom. The minimum Gasteiger partial charge on any atom is -0.476 e. The van der Waals surface area contributed by atoms with Crippen LogP contribution in [0.4, 0.5) is 0 Å². The molecule has 1 unspecified atom stereocenters. The Kier molecular flexibility index (Phi) is 3.80. The highest BCUT2D eigenvalue weighted by Gasteiger charge is 2.22. The molecule has 1 aliphatic heterocycles. The molecule has 1 aliphatic rings. The predicted molar refractivity (Wildman–Crippen MR) is 70.1 cm³/mol. The zero-order chi connectivity index (χ0) is 14.0. The Morgan fingerprint density at radius 3 is 3.00 bits per heavy atom. The van der Waals surface area contributed by atoms with Gasteiger partial charge >= 0.3 is 0 Å². The second-order valence-electron chi connectivity index (χ2n) is 5.87. The first kappa shape index (κ1) is 13.9. The van der Waals surface area contributed by atoms with E-state index >= 15 is 0 Å². The van der Waals surface area contributed by atoms with Gasteiger partial charge in [-0.2, -0.15) is 5.10 Å². The number of aliphatic hydroxyl groups is 1. The summed E-state index contributed by atoms with van der Waals surface area (Å²) in [5.41, 5.74) is 0.189. The van der Waals surface area contributed by atoms with Gasteiger partial charge in [0.25, 0.3) is 5.91 Å². The molecule has 0 aromatic carbocycles. The Balaban J connectivity index is 1.81. The third-order valence-electron chi connectivity index (χ3n) is 3.23. The lowest BCUT2D eigenvalue weighted by Gasteiger charge is -2.25. The number of ether oxygens (including phenoxy) is 1. The highest BCUT2D eigenvalue weighted by molar-refractivity contribution is 5.92. The Hall–Kier alpha value is -1.56. The maximum atomic E-state index is 11.9. The van der Waals surface area contributed by atoms with Gasteiger partial charge in [-0.3, -0.25) is 4.79 Å². The molecule has 6 heteroatoms. The van der Waals surface area contributed by atoms with E-state index < -0.39 is 6.10 Å². The molecule has 6 nitrogen and oxygen atoms in total. The monoisotopic (exact) mass is 267 g/mol. The van der Waals surface area contributed by atoms with Gasteiger partial charge in [-0.15, -0.1) is 0 Å². The first-order chi connectivity index (χ1) is 8.88. The SMILES string of the molecule is CC(C)(C)C(O)CCNC(=O)c1cc2n(n1)CCO2. The van der Waals surface area contributed by atoms with E-state index in [4.69, 9.17) is 4.74 Å². The molecule has 0 radical (unpaired) electrons. The summed E-state index contributed by atoms with van der Waals surface area (Å²) in [6.07, 6.45) is 0.0855. The summed E-state index contributed by atoms with van der Waals surface area (Å²) in [7, 11) is 0. The molecule has 106 valence electrons. The van der Waals surface area contributed by atoms with Crippen molar-refractivity contribution in [1.29, 1.82) is 0 Å². The number of rotatable bonds is 4. The number of carbonyl (C=O) groups excluding carboxylic acids is 1. The molecule has 0 fully saturated rings. The maximum Gasteiger partial charge on any atom is 0.271 e. The van der Waals surface area contributed by atoms with Crippen molar-refractivity contribution in [3.05, 3.63) is 11.8 Å². The van der Waals surface area contributed by atoms with Crippen LogP contribution in [0.3, 0.4) is 0 Å². The second kappa shape index (κ2) is 5.21.